The summed E-state index contributed by atoms with van der Waals surface area (Å²) in [5.41, 5.74) is 6.73. The van der Waals surface area contributed by atoms with Crippen LogP contribution in [0.15, 0.2) is 30.3 Å². The van der Waals surface area contributed by atoms with Crippen molar-refractivity contribution in [1.82, 2.24) is 4.90 Å². The molecule has 1 aliphatic rings. The first-order valence-corrected chi connectivity index (χ1v) is 5.19. The lowest BCUT2D eigenvalue weighted by molar-refractivity contribution is -0.136. The van der Waals surface area contributed by atoms with Gasteiger partial charge in [-0.2, -0.15) is 0 Å². The fraction of sp³-hybridized carbons (Fsp3) is 0.417. The molecule has 1 aromatic carbocycles. The number of nitrogens with zero attached hydrogens (tertiary/aromatic N) is 1. The van der Waals surface area contributed by atoms with E-state index in [1.165, 1.54) is 5.56 Å². The van der Waals surface area contributed by atoms with Gasteiger partial charge in [-0.25, -0.2) is 0 Å². The molecular formula is C12H16N2O. The normalized spacial score (nSPS) is 18.4. The third-order valence-electron chi connectivity index (χ3n) is 3.08. The van der Waals surface area contributed by atoms with Crippen LogP contribution >= 0.6 is 0 Å². The van der Waals surface area contributed by atoms with Gasteiger partial charge in [0.2, 0.25) is 5.91 Å². The molecule has 1 fully saturated rings. The van der Waals surface area contributed by atoms with Gasteiger partial charge in [0, 0.05) is 18.5 Å². The Kier molecular flexibility index (Phi) is 2.49. The molecule has 1 amide bonds. The van der Waals surface area contributed by atoms with Crippen molar-refractivity contribution in [3.8, 4) is 0 Å². The highest BCUT2D eigenvalue weighted by Gasteiger charge is 2.41. The molecule has 0 aromatic heterocycles. The highest BCUT2D eigenvalue weighted by molar-refractivity contribution is 5.79. The molecule has 2 rings (SSSR count). The largest absolute Gasteiger partial charge is 0.340 e. The van der Waals surface area contributed by atoms with Crippen LogP contribution < -0.4 is 5.73 Å². The van der Waals surface area contributed by atoms with Gasteiger partial charge in [0.15, 0.2) is 0 Å². The third-order valence-corrected chi connectivity index (χ3v) is 3.08. The molecule has 0 radical (unpaired) electrons. The van der Waals surface area contributed by atoms with Gasteiger partial charge >= 0.3 is 0 Å². The summed E-state index contributed by atoms with van der Waals surface area (Å²) >= 11 is 0. The summed E-state index contributed by atoms with van der Waals surface area (Å²) in [5, 5.41) is 0. The van der Waals surface area contributed by atoms with E-state index in [0.29, 0.717) is 0 Å². The highest BCUT2D eigenvalue weighted by atomic mass is 16.2. The Labute approximate surface area is 89.9 Å². The van der Waals surface area contributed by atoms with Crippen molar-refractivity contribution in [2.24, 2.45) is 5.73 Å². The summed E-state index contributed by atoms with van der Waals surface area (Å²) < 4.78 is 0. The van der Waals surface area contributed by atoms with Gasteiger partial charge < -0.3 is 10.6 Å². The van der Waals surface area contributed by atoms with Gasteiger partial charge in [0.05, 0.1) is 6.54 Å². The topological polar surface area (TPSA) is 46.3 Å². The van der Waals surface area contributed by atoms with Crippen molar-refractivity contribution in [3.63, 3.8) is 0 Å². The van der Waals surface area contributed by atoms with Crippen LogP contribution in [0.4, 0.5) is 0 Å². The Morgan fingerprint density at radius 3 is 2.53 bits per heavy atom. The van der Waals surface area contributed by atoms with Crippen LogP contribution in [0.1, 0.15) is 12.5 Å². The first-order valence-electron chi connectivity index (χ1n) is 5.19. The fourth-order valence-electron chi connectivity index (χ4n) is 2.12. The summed E-state index contributed by atoms with van der Waals surface area (Å²) in [7, 11) is 0. The maximum absolute atomic E-state index is 11.3. The molecule has 1 heterocycles. The minimum atomic E-state index is 0.0448. The molecule has 3 nitrogen and oxygen atoms in total. The second-order valence-electron chi connectivity index (χ2n) is 4.38. The van der Waals surface area contributed by atoms with Gasteiger partial charge in [-0.15, -0.1) is 0 Å². The Balaban J connectivity index is 2.06. The number of rotatable bonds is 2. The zero-order valence-electron chi connectivity index (χ0n) is 8.94. The maximum Gasteiger partial charge on any atom is 0.236 e. The van der Waals surface area contributed by atoms with E-state index in [1.54, 1.807) is 0 Å². The lowest BCUT2D eigenvalue weighted by Gasteiger charge is -2.48. The molecule has 3 heteroatoms. The molecule has 0 spiro atoms. The van der Waals surface area contributed by atoms with E-state index in [1.807, 2.05) is 23.1 Å². The Hall–Kier alpha value is -1.35. The van der Waals surface area contributed by atoms with Crippen LogP contribution in [0, 0.1) is 0 Å². The summed E-state index contributed by atoms with van der Waals surface area (Å²) in [4.78, 5) is 13.1. The molecule has 1 aliphatic heterocycles. The van der Waals surface area contributed by atoms with E-state index in [2.05, 4.69) is 19.1 Å². The van der Waals surface area contributed by atoms with E-state index in [-0.39, 0.29) is 17.9 Å². The van der Waals surface area contributed by atoms with Crippen LogP contribution in [-0.2, 0) is 10.2 Å². The molecule has 80 valence electrons. The lowest BCUT2D eigenvalue weighted by atomic mass is 9.75. The predicted molar refractivity (Wildman–Crippen MR) is 59.4 cm³/mol. The molecule has 1 saturated heterocycles. The average Bonchev–Trinajstić information content (AvgIpc) is 2.25. The maximum atomic E-state index is 11.3. The molecule has 1 aromatic rings. The van der Waals surface area contributed by atoms with Crippen LogP contribution in [-0.4, -0.2) is 30.4 Å². The van der Waals surface area contributed by atoms with E-state index < -0.39 is 0 Å². The van der Waals surface area contributed by atoms with Crippen LogP contribution in [0.2, 0.25) is 0 Å². The summed E-state index contributed by atoms with van der Waals surface area (Å²) in [5.74, 6) is 0.0448. The lowest BCUT2D eigenvalue weighted by Crippen LogP contribution is -2.60. The van der Waals surface area contributed by atoms with Gasteiger partial charge in [0.1, 0.15) is 0 Å². The number of carbonyl (C=O) groups is 1. The van der Waals surface area contributed by atoms with E-state index in [4.69, 9.17) is 5.73 Å². The Bertz CT molecular complexity index is 355. The second kappa shape index (κ2) is 3.66. The fourth-order valence-corrected chi connectivity index (χ4v) is 2.12. The smallest absolute Gasteiger partial charge is 0.236 e. The second-order valence-corrected chi connectivity index (χ2v) is 4.38. The molecule has 2 N–H and O–H groups in total. The van der Waals surface area contributed by atoms with Crippen molar-refractivity contribution >= 4 is 5.91 Å². The van der Waals surface area contributed by atoms with Crippen molar-refractivity contribution in [2.45, 2.75) is 12.3 Å². The SMILES string of the molecule is CC1(c2ccccc2)CN(C(=O)CN)C1. The number of nitrogens with two attached hydrogens (primary N) is 1. The van der Waals surface area contributed by atoms with Crippen LogP contribution in [0.5, 0.6) is 0 Å². The average molecular weight is 204 g/mol. The minimum Gasteiger partial charge on any atom is -0.340 e. The summed E-state index contributed by atoms with van der Waals surface area (Å²) in [6, 6.07) is 10.3. The monoisotopic (exact) mass is 204 g/mol. The van der Waals surface area contributed by atoms with Crippen LogP contribution in [0.3, 0.4) is 0 Å². The summed E-state index contributed by atoms with van der Waals surface area (Å²) in [6.07, 6.45) is 0. The number of benzene rings is 1. The Morgan fingerprint density at radius 2 is 2.00 bits per heavy atom. The predicted octanol–water partition coefficient (Wildman–Crippen LogP) is 0.745. The zero-order valence-corrected chi connectivity index (χ0v) is 8.94. The zero-order chi connectivity index (χ0) is 10.9. The van der Waals surface area contributed by atoms with Gasteiger partial charge in [-0.1, -0.05) is 37.3 Å². The number of amides is 1. The van der Waals surface area contributed by atoms with Crippen molar-refractivity contribution in [3.05, 3.63) is 35.9 Å². The molecular weight excluding hydrogens is 188 g/mol. The summed E-state index contributed by atoms with van der Waals surface area (Å²) in [6.45, 7) is 3.87. The van der Waals surface area contributed by atoms with Gasteiger partial charge in [-0.3, -0.25) is 4.79 Å². The van der Waals surface area contributed by atoms with E-state index >= 15 is 0 Å². The highest BCUT2D eigenvalue weighted by Crippen LogP contribution is 2.33. The molecule has 0 aliphatic carbocycles. The third kappa shape index (κ3) is 1.75. The van der Waals surface area contributed by atoms with Crippen molar-refractivity contribution < 1.29 is 4.79 Å². The molecule has 0 unspecified atom stereocenters. The van der Waals surface area contributed by atoms with Crippen molar-refractivity contribution in [2.75, 3.05) is 19.6 Å². The van der Waals surface area contributed by atoms with E-state index in [0.717, 1.165) is 13.1 Å². The molecule has 15 heavy (non-hydrogen) atoms. The minimum absolute atomic E-state index is 0.0448. The molecule has 0 saturated carbocycles. The molecule has 0 bridgehead atoms. The van der Waals surface area contributed by atoms with Gasteiger partial charge in [0.25, 0.3) is 0 Å². The number of likely N-dealkylation sites (tertiary alicyclic amines) is 1. The first kappa shape index (κ1) is 10.2. The van der Waals surface area contributed by atoms with Crippen LogP contribution in [0.25, 0.3) is 0 Å². The molecule has 0 atom stereocenters. The van der Waals surface area contributed by atoms with Crippen molar-refractivity contribution in [1.29, 1.82) is 0 Å². The quantitative estimate of drug-likeness (QED) is 0.772. The number of carbonyl (C=O) groups excluding carboxylic acids is 1. The number of hydrogen-bond donors (Lipinski definition) is 1. The van der Waals surface area contributed by atoms with E-state index in [9.17, 15) is 4.79 Å². The van der Waals surface area contributed by atoms with Gasteiger partial charge in [-0.05, 0) is 5.56 Å². The Morgan fingerprint density at radius 1 is 1.40 bits per heavy atom. The standard InChI is InChI=1S/C12H16N2O/c1-12(10-5-3-2-4-6-10)8-14(9-12)11(15)7-13/h2-6H,7-9,13H2,1H3. The number of hydrogen-bond acceptors (Lipinski definition) is 2. The first-order chi connectivity index (χ1) is 7.15.